The standard InChI is InChI=1S/C19H24/c1-5-15(2)19(3,4)18-13-11-17(12-14-18)16-9-7-6-8-10-16/h6-15H,5H2,1-4H3. The maximum absolute atomic E-state index is 2.35. The second-order valence-electron chi connectivity index (χ2n) is 5.97. The molecule has 0 heteroatoms. The first kappa shape index (κ1) is 13.9. The van der Waals surface area contributed by atoms with E-state index in [1.54, 1.807) is 0 Å². The highest BCUT2D eigenvalue weighted by Gasteiger charge is 2.26. The van der Waals surface area contributed by atoms with Gasteiger partial charge in [-0.2, -0.15) is 0 Å². The van der Waals surface area contributed by atoms with E-state index in [2.05, 4.69) is 82.3 Å². The zero-order valence-corrected chi connectivity index (χ0v) is 12.5. The Bertz CT molecular complexity index is 505. The predicted octanol–water partition coefficient (Wildman–Crippen LogP) is 5.68. The third-order valence-electron chi connectivity index (χ3n) is 4.58. The van der Waals surface area contributed by atoms with E-state index >= 15 is 0 Å². The maximum atomic E-state index is 2.35. The SMILES string of the molecule is CCC(C)C(C)(C)c1ccc(-c2ccccc2)cc1. The Labute approximate surface area is 117 Å². The molecule has 0 saturated heterocycles. The van der Waals surface area contributed by atoms with Crippen molar-refractivity contribution in [1.29, 1.82) is 0 Å². The van der Waals surface area contributed by atoms with Gasteiger partial charge in [0.25, 0.3) is 0 Å². The first-order valence-electron chi connectivity index (χ1n) is 7.21. The van der Waals surface area contributed by atoms with E-state index in [1.165, 1.54) is 23.1 Å². The fraction of sp³-hybridized carbons (Fsp3) is 0.368. The van der Waals surface area contributed by atoms with Gasteiger partial charge in [0, 0.05) is 0 Å². The van der Waals surface area contributed by atoms with Crippen molar-refractivity contribution in [2.75, 3.05) is 0 Å². The molecule has 2 aromatic rings. The molecule has 0 aliphatic carbocycles. The molecule has 2 aromatic carbocycles. The lowest BCUT2D eigenvalue weighted by Crippen LogP contribution is -2.25. The number of hydrogen-bond donors (Lipinski definition) is 0. The smallest absolute Gasteiger partial charge is 0.00780 e. The van der Waals surface area contributed by atoms with Crippen LogP contribution in [0.25, 0.3) is 11.1 Å². The minimum Gasteiger partial charge on any atom is -0.0651 e. The van der Waals surface area contributed by atoms with Crippen LogP contribution in [-0.2, 0) is 5.41 Å². The van der Waals surface area contributed by atoms with Crippen molar-refractivity contribution in [3.05, 3.63) is 60.2 Å². The van der Waals surface area contributed by atoms with E-state index in [-0.39, 0.29) is 5.41 Å². The van der Waals surface area contributed by atoms with Gasteiger partial charge in [-0.25, -0.2) is 0 Å². The fourth-order valence-corrected chi connectivity index (χ4v) is 2.52. The number of benzene rings is 2. The van der Waals surface area contributed by atoms with Gasteiger partial charge in [-0.1, -0.05) is 88.7 Å². The van der Waals surface area contributed by atoms with Crippen LogP contribution in [-0.4, -0.2) is 0 Å². The average Bonchev–Trinajstić information content (AvgIpc) is 2.47. The lowest BCUT2D eigenvalue weighted by molar-refractivity contribution is 0.335. The van der Waals surface area contributed by atoms with Crippen LogP contribution in [0.2, 0.25) is 0 Å². The van der Waals surface area contributed by atoms with Crippen LogP contribution in [0.15, 0.2) is 54.6 Å². The van der Waals surface area contributed by atoms with Gasteiger partial charge in [0.15, 0.2) is 0 Å². The normalized spacial score (nSPS) is 13.3. The molecule has 0 fully saturated rings. The zero-order valence-electron chi connectivity index (χ0n) is 12.5. The van der Waals surface area contributed by atoms with Crippen molar-refractivity contribution < 1.29 is 0 Å². The highest BCUT2D eigenvalue weighted by molar-refractivity contribution is 5.63. The maximum Gasteiger partial charge on any atom is -0.00780 e. The van der Waals surface area contributed by atoms with Crippen molar-refractivity contribution in [3.8, 4) is 11.1 Å². The quantitative estimate of drug-likeness (QED) is 0.657. The largest absolute Gasteiger partial charge is 0.0651 e. The Hall–Kier alpha value is -1.56. The van der Waals surface area contributed by atoms with Crippen LogP contribution in [0, 0.1) is 5.92 Å². The van der Waals surface area contributed by atoms with Crippen LogP contribution < -0.4 is 0 Å². The lowest BCUT2D eigenvalue weighted by atomic mass is 9.73. The molecule has 2 rings (SSSR count). The zero-order chi connectivity index (χ0) is 13.9. The lowest BCUT2D eigenvalue weighted by Gasteiger charge is -2.32. The van der Waals surface area contributed by atoms with Gasteiger partial charge < -0.3 is 0 Å². The second-order valence-corrected chi connectivity index (χ2v) is 5.97. The van der Waals surface area contributed by atoms with Crippen LogP contribution in [0.5, 0.6) is 0 Å². The molecule has 0 aromatic heterocycles. The van der Waals surface area contributed by atoms with Crippen molar-refractivity contribution >= 4 is 0 Å². The third kappa shape index (κ3) is 2.89. The van der Waals surface area contributed by atoms with Crippen LogP contribution >= 0.6 is 0 Å². The minimum absolute atomic E-state index is 0.240. The summed E-state index contributed by atoms with van der Waals surface area (Å²) in [5.74, 6) is 0.690. The summed E-state index contributed by atoms with van der Waals surface area (Å²) in [7, 11) is 0. The summed E-state index contributed by atoms with van der Waals surface area (Å²) in [5, 5.41) is 0. The minimum atomic E-state index is 0.240. The molecule has 0 heterocycles. The van der Waals surface area contributed by atoms with Crippen LogP contribution in [0.3, 0.4) is 0 Å². The van der Waals surface area contributed by atoms with Gasteiger partial charge >= 0.3 is 0 Å². The Kier molecular flexibility index (Phi) is 4.09. The topological polar surface area (TPSA) is 0 Å². The van der Waals surface area contributed by atoms with Gasteiger partial charge in [0.05, 0.1) is 0 Å². The summed E-state index contributed by atoms with van der Waals surface area (Å²) in [6, 6.07) is 19.6. The Morgan fingerprint density at radius 2 is 1.37 bits per heavy atom. The van der Waals surface area contributed by atoms with E-state index in [0.29, 0.717) is 5.92 Å². The Morgan fingerprint density at radius 1 is 0.842 bits per heavy atom. The summed E-state index contributed by atoms with van der Waals surface area (Å²) >= 11 is 0. The van der Waals surface area contributed by atoms with E-state index < -0.39 is 0 Å². The second kappa shape index (κ2) is 5.61. The molecule has 1 unspecified atom stereocenters. The molecule has 0 aliphatic rings. The predicted molar refractivity (Wildman–Crippen MR) is 84.4 cm³/mol. The fourth-order valence-electron chi connectivity index (χ4n) is 2.52. The molecule has 0 saturated carbocycles. The van der Waals surface area contributed by atoms with Crippen LogP contribution in [0.1, 0.15) is 39.7 Å². The van der Waals surface area contributed by atoms with Gasteiger partial charge in [0.2, 0.25) is 0 Å². The highest BCUT2D eigenvalue weighted by Crippen LogP contribution is 2.34. The molecular weight excluding hydrogens is 228 g/mol. The molecule has 0 aliphatic heterocycles. The van der Waals surface area contributed by atoms with Gasteiger partial charge in [0.1, 0.15) is 0 Å². The van der Waals surface area contributed by atoms with Crippen molar-refractivity contribution in [2.45, 2.75) is 39.5 Å². The third-order valence-corrected chi connectivity index (χ3v) is 4.58. The molecule has 0 nitrogen and oxygen atoms in total. The van der Waals surface area contributed by atoms with Crippen molar-refractivity contribution in [2.24, 2.45) is 5.92 Å². The monoisotopic (exact) mass is 252 g/mol. The van der Waals surface area contributed by atoms with Gasteiger partial charge in [-0.15, -0.1) is 0 Å². The Morgan fingerprint density at radius 3 is 1.89 bits per heavy atom. The first-order valence-corrected chi connectivity index (χ1v) is 7.21. The molecule has 0 amide bonds. The van der Waals surface area contributed by atoms with E-state index in [9.17, 15) is 0 Å². The number of rotatable bonds is 4. The van der Waals surface area contributed by atoms with E-state index in [4.69, 9.17) is 0 Å². The average molecular weight is 252 g/mol. The molecular formula is C19H24. The molecule has 100 valence electrons. The molecule has 0 bridgehead atoms. The van der Waals surface area contributed by atoms with Crippen molar-refractivity contribution in [3.63, 3.8) is 0 Å². The summed E-state index contributed by atoms with van der Waals surface area (Å²) in [6.07, 6.45) is 1.22. The molecule has 0 radical (unpaired) electrons. The van der Waals surface area contributed by atoms with Crippen molar-refractivity contribution in [1.82, 2.24) is 0 Å². The van der Waals surface area contributed by atoms with Gasteiger partial charge in [-0.3, -0.25) is 0 Å². The number of hydrogen-bond acceptors (Lipinski definition) is 0. The summed E-state index contributed by atoms with van der Waals surface area (Å²) in [6.45, 7) is 9.30. The molecule has 1 atom stereocenters. The van der Waals surface area contributed by atoms with Crippen LogP contribution in [0.4, 0.5) is 0 Å². The summed E-state index contributed by atoms with van der Waals surface area (Å²) in [5.41, 5.74) is 4.26. The highest BCUT2D eigenvalue weighted by atomic mass is 14.3. The van der Waals surface area contributed by atoms with E-state index in [1.807, 2.05) is 0 Å². The molecule has 19 heavy (non-hydrogen) atoms. The summed E-state index contributed by atoms with van der Waals surface area (Å²) < 4.78 is 0. The van der Waals surface area contributed by atoms with Gasteiger partial charge in [-0.05, 0) is 28.0 Å². The Balaban J connectivity index is 2.29. The summed E-state index contributed by atoms with van der Waals surface area (Å²) in [4.78, 5) is 0. The van der Waals surface area contributed by atoms with E-state index in [0.717, 1.165) is 0 Å². The molecule has 0 spiro atoms. The molecule has 0 N–H and O–H groups in total. The first-order chi connectivity index (χ1) is 9.05.